The first-order valence-corrected chi connectivity index (χ1v) is 10.3. The maximum Gasteiger partial charge on any atom is 0.240 e. The second kappa shape index (κ2) is 6.91. The Morgan fingerprint density at radius 1 is 1.19 bits per heavy atom. The van der Waals surface area contributed by atoms with Gasteiger partial charge in [0, 0.05) is 24.0 Å². The van der Waals surface area contributed by atoms with Gasteiger partial charge in [0.15, 0.2) is 11.5 Å². The number of aliphatic hydroxyl groups is 1. The molecular formula is C18H21N5O3S. The van der Waals surface area contributed by atoms with Crippen LogP contribution in [0.5, 0.6) is 0 Å². The zero-order chi connectivity index (χ0) is 19.0. The molecule has 0 atom stereocenters. The average Bonchev–Trinajstić information content (AvgIpc) is 3.09. The molecule has 0 spiro atoms. The van der Waals surface area contributed by atoms with Crippen molar-refractivity contribution in [3.63, 3.8) is 0 Å². The molecule has 0 aliphatic heterocycles. The van der Waals surface area contributed by atoms with Gasteiger partial charge < -0.3 is 10.8 Å². The lowest BCUT2D eigenvalue weighted by atomic mass is 9.94. The molecule has 3 aromatic rings. The quantitative estimate of drug-likeness (QED) is 0.624. The first-order valence-electron chi connectivity index (χ1n) is 8.82. The minimum absolute atomic E-state index is 0.149. The van der Waals surface area contributed by atoms with Crippen molar-refractivity contribution in [3.8, 4) is 11.3 Å². The minimum atomic E-state index is -3.65. The fraction of sp³-hybridized carbons (Fsp3) is 0.333. The third kappa shape index (κ3) is 3.53. The molecular weight excluding hydrogens is 366 g/mol. The van der Waals surface area contributed by atoms with E-state index in [1.165, 1.54) is 0 Å². The van der Waals surface area contributed by atoms with E-state index in [2.05, 4.69) is 14.7 Å². The van der Waals surface area contributed by atoms with Gasteiger partial charge in [-0.05, 0) is 37.8 Å². The van der Waals surface area contributed by atoms with Gasteiger partial charge in [0.25, 0.3) is 0 Å². The lowest BCUT2D eigenvalue weighted by molar-refractivity contribution is 0.120. The number of nitrogens with one attached hydrogen (secondary N) is 1. The van der Waals surface area contributed by atoms with Gasteiger partial charge in [-0.2, -0.15) is 0 Å². The smallest absolute Gasteiger partial charge is 0.240 e. The molecule has 2 heterocycles. The molecule has 0 radical (unpaired) electrons. The van der Waals surface area contributed by atoms with Gasteiger partial charge >= 0.3 is 0 Å². The third-order valence-electron chi connectivity index (χ3n) is 4.91. The molecule has 0 unspecified atom stereocenters. The molecule has 2 aromatic heterocycles. The number of hydrogen-bond donors (Lipinski definition) is 3. The summed E-state index contributed by atoms with van der Waals surface area (Å²) in [6.07, 6.45) is 7.14. The van der Waals surface area contributed by atoms with Gasteiger partial charge in [-0.25, -0.2) is 23.1 Å². The lowest BCUT2D eigenvalue weighted by Crippen LogP contribution is -2.38. The van der Waals surface area contributed by atoms with E-state index < -0.39 is 10.0 Å². The van der Waals surface area contributed by atoms with Crippen molar-refractivity contribution in [2.75, 3.05) is 5.73 Å². The normalized spacial score (nSPS) is 20.8. The van der Waals surface area contributed by atoms with Crippen molar-refractivity contribution in [3.05, 3.63) is 42.9 Å². The summed E-state index contributed by atoms with van der Waals surface area (Å²) in [5.41, 5.74) is 7.82. The summed E-state index contributed by atoms with van der Waals surface area (Å²) in [7, 11) is -3.65. The van der Waals surface area contributed by atoms with Crippen LogP contribution in [0.25, 0.3) is 16.9 Å². The standard InChI is InChI=1S/C18H21N5O3S/c19-17-18-21-11-16(23(18)9-8-20-17)12-2-1-3-15(10-12)27(25,26)22-13-4-6-14(24)7-5-13/h1-3,8-11,13-14,22,24H,4-7H2,(H2,19,20). The SMILES string of the molecule is Nc1nccn2c(-c3cccc(S(=O)(=O)NC4CCC(O)CC4)c3)cnc12. The molecule has 1 aliphatic rings. The fourth-order valence-electron chi connectivity index (χ4n) is 3.46. The Labute approximate surface area is 157 Å². The van der Waals surface area contributed by atoms with Gasteiger partial charge in [-0.3, -0.25) is 4.40 Å². The minimum Gasteiger partial charge on any atom is -0.393 e. The maximum atomic E-state index is 12.8. The van der Waals surface area contributed by atoms with Crippen molar-refractivity contribution < 1.29 is 13.5 Å². The number of anilines is 1. The molecule has 1 aliphatic carbocycles. The van der Waals surface area contributed by atoms with E-state index in [9.17, 15) is 13.5 Å². The average molecular weight is 387 g/mol. The third-order valence-corrected chi connectivity index (χ3v) is 6.43. The number of aliphatic hydroxyl groups excluding tert-OH is 1. The van der Waals surface area contributed by atoms with Gasteiger partial charge in [0.2, 0.25) is 10.0 Å². The topological polar surface area (TPSA) is 123 Å². The Morgan fingerprint density at radius 3 is 2.74 bits per heavy atom. The van der Waals surface area contributed by atoms with E-state index >= 15 is 0 Å². The molecule has 1 fully saturated rings. The summed E-state index contributed by atoms with van der Waals surface area (Å²) in [4.78, 5) is 8.48. The van der Waals surface area contributed by atoms with Crippen LogP contribution in [0.3, 0.4) is 0 Å². The van der Waals surface area contributed by atoms with Crippen LogP contribution >= 0.6 is 0 Å². The molecule has 0 bridgehead atoms. The highest BCUT2D eigenvalue weighted by atomic mass is 32.2. The maximum absolute atomic E-state index is 12.8. The van der Waals surface area contributed by atoms with Crippen LogP contribution in [-0.2, 0) is 10.0 Å². The van der Waals surface area contributed by atoms with Gasteiger partial charge in [-0.15, -0.1) is 0 Å². The van der Waals surface area contributed by atoms with E-state index in [0.29, 0.717) is 37.1 Å². The Kier molecular flexibility index (Phi) is 4.58. The Morgan fingerprint density at radius 2 is 1.96 bits per heavy atom. The molecule has 1 saturated carbocycles. The number of rotatable bonds is 4. The van der Waals surface area contributed by atoms with Crippen molar-refractivity contribution in [2.45, 2.75) is 42.7 Å². The summed E-state index contributed by atoms with van der Waals surface area (Å²) in [5.74, 6) is 0.314. The predicted octanol–water partition coefficient (Wildman–Crippen LogP) is 1.56. The first kappa shape index (κ1) is 17.9. The van der Waals surface area contributed by atoms with Crippen molar-refractivity contribution in [1.82, 2.24) is 19.1 Å². The van der Waals surface area contributed by atoms with Crippen molar-refractivity contribution in [1.29, 1.82) is 0 Å². The molecule has 1 aromatic carbocycles. The summed E-state index contributed by atoms with van der Waals surface area (Å²) in [6, 6.07) is 6.58. The van der Waals surface area contributed by atoms with E-state index in [4.69, 9.17) is 5.73 Å². The predicted molar refractivity (Wildman–Crippen MR) is 101 cm³/mol. The molecule has 4 rings (SSSR count). The van der Waals surface area contributed by atoms with Crippen LogP contribution in [0.15, 0.2) is 47.8 Å². The number of hydrogen-bond acceptors (Lipinski definition) is 6. The highest BCUT2D eigenvalue weighted by molar-refractivity contribution is 7.89. The summed E-state index contributed by atoms with van der Waals surface area (Å²) >= 11 is 0. The molecule has 8 nitrogen and oxygen atoms in total. The second-order valence-electron chi connectivity index (χ2n) is 6.80. The van der Waals surface area contributed by atoms with E-state index in [-0.39, 0.29) is 17.0 Å². The highest BCUT2D eigenvalue weighted by Gasteiger charge is 2.25. The zero-order valence-electron chi connectivity index (χ0n) is 14.6. The van der Waals surface area contributed by atoms with Crippen molar-refractivity contribution in [2.24, 2.45) is 0 Å². The van der Waals surface area contributed by atoms with E-state index in [1.54, 1.807) is 41.2 Å². The number of nitrogens with zero attached hydrogens (tertiary/aromatic N) is 3. The number of imidazole rings is 1. The van der Waals surface area contributed by atoms with Gasteiger partial charge in [0.1, 0.15) is 0 Å². The van der Waals surface area contributed by atoms with Gasteiger partial charge in [0.05, 0.1) is 22.9 Å². The van der Waals surface area contributed by atoms with Gasteiger partial charge in [-0.1, -0.05) is 12.1 Å². The van der Waals surface area contributed by atoms with Crippen LogP contribution < -0.4 is 10.5 Å². The monoisotopic (exact) mass is 387 g/mol. The van der Waals surface area contributed by atoms with Crippen molar-refractivity contribution >= 4 is 21.5 Å². The number of nitrogen functional groups attached to an aromatic ring is 1. The summed E-state index contributed by atoms with van der Waals surface area (Å²) < 4.78 is 30.1. The summed E-state index contributed by atoms with van der Waals surface area (Å²) in [5, 5.41) is 9.59. The zero-order valence-corrected chi connectivity index (χ0v) is 15.4. The number of benzene rings is 1. The number of fused-ring (bicyclic) bond motifs is 1. The molecule has 0 saturated heterocycles. The summed E-state index contributed by atoms with van der Waals surface area (Å²) in [6.45, 7) is 0. The number of nitrogens with two attached hydrogens (primary N) is 1. The molecule has 0 amide bonds. The lowest BCUT2D eigenvalue weighted by Gasteiger charge is -2.26. The van der Waals surface area contributed by atoms with Crippen LogP contribution in [0.2, 0.25) is 0 Å². The molecule has 27 heavy (non-hydrogen) atoms. The molecule has 4 N–H and O–H groups in total. The van der Waals surface area contributed by atoms with E-state index in [0.717, 1.165) is 11.3 Å². The largest absolute Gasteiger partial charge is 0.393 e. The molecule has 9 heteroatoms. The fourth-order valence-corrected chi connectivity index (χ4v) is 4.81. The Hall–Kier alpha value is -2.49. The van der Waals surface area contributed by atoms with Crippen LogP contribution in [-0.4, -0.2) is 40.0 Å². The molecule has 142 valence electrons. The number of sulfonamides is 1. The van der Waals surface area contributed by atoms with E-state index in [1.807, 2.05) is 6.07 Å². The Bertz CT molecular complexity index is 1070. The number of aromatic nitrogens is 3. The Balaban J connectivity index is 1.64. The van der Waals surface area contributed by atoms with Crippen LogP contribution in [0, 0.1) is 0 Å². The van der Waals surface area contributed by atoms with Crippen LogP contribution in [0.1, 0.15) is 25.7 Å². The van der Waals surface area contributed by atoms with Crippen LogP contribution in [0.4, 0.5) is 5.82 Å². The second-order valence-corrected chi connectivity index (χ2v) is 8.52. The highest BCUT2D eigenvalue weighted by Crippen LogP contribution is 2.26. The first-order chi connectivity index (χ1) is 12.9.